The van der Waals surface area contributed by atoms with E-state index in [4.69, 9.17) is 0 Å². The zero-order valence-corrected chi connectivity index (χ0v) is 8.33. The monoisotopic (exact) mass is 158 g/mol. The van der Waals surface area contributed by atoms with E-state index in [0.29, 0.717) is 5.41 Å². The summed E-state index contributed by atoms with van der Waals surface area (Å²) < 4.78 is 0. The van der Waals surface area contributed by atoms with Crippen molar-refractivity contribution in [3.05, 3.63) is 0 Å². The van der Waals surface area contributed by atoms with Crippen LogP contribution >= 0.6 is 0 Å². The van der Waals surface area contributed by atoms with Crippen molar-refractivity contribution in [1.82, 2.24) is 10.6 Å². The molecular formula is C9H22N2. The normalized spacial score (nSPS) is 12.0. The maximum absolute atomic E-state index is 3.18. The summed E-state index contributed by atoms with van der Waals surface area (Å²) >= 11 is 0. The molecule has 0 aliphatic rings. The van der Waals surface area contributed by atoms with Gasteiger partial charge in [0.2, 0.25) is 0 Å². The second-order valence-electron chi connectivity index (χ2n) is 3.87. The average Bonchev–Trinajstić information content (AvgIpc) is 1.97. The average molecular weight is 158 g/mol. The first-order valence-corrected chi connectivity index (χ1v) is 4.41. The molecule has 0 aliphatic carbocycles. The smallest absolute Gasteiger partial charge is 0.00468 e. The molecule has 0 heterocycles. The zero-order chi connectivity index (χ0) is 8.74. The minimum atomic E-state index is 0.478. The third-order valence-corrected chi connectivity index (χ3v) is 2.10. The Balaban J connectivity index is 3.43. The van der Waals surface area contributed by atoms with E-state index in [1.807, 2.05) is 14.1 Å². The molecule has 0 fully saturated rings. The molecule has 0 aromatic carbocycles. The molecule has 0 saturated heterocycles. The van der Waals surface area contributed by atoms with E-state index in [-0.39, 0.29) is 0 Å². The second-order valence-corrected chi connectivity index (χ2v) is 3.87. The van der Waals surface area contributed by atoms with Gasteiger partial charge in [0.25, 0.3) is 0 Å². The molecule has 0 aliphatic heterocycles. The van der Waals surface area contributed by atoms with Gasteiger partial charge in [-0.3, -0.25) is 0 Å². The fourth-order valence-corrected chi connectivity index (χ4v) is 1.05. The quantitative estimate of drug-likeness (QED) is 0.607. The Morgan fingerprint density at radius 3 is 1.55 bits per heavy atom. The molecule has 2 heteroatoms. The third-order valence-electron chi connectivity index (χ3n) is 2.10. The van der Waals surface area contributed by atoms with Gasteiger partial charge in [-0.15, -0.1) is 0 Å². The van der Waals surface area contributed by atoms with Crippen molar-refractivity contribution in [2.45, 2.75) is 26.7 Å². The fourth-order valence-electron chi connectivity index (χ4n) is 1.05. The van der Waals surface area contributed by atoms with Crippen molar-refractivity contribution in [2.24, 2.45) is 5.41 Å². The second kappa shape index (κ2) is 5.56. The van der Waals surface area contributed by atoms with Gasteiger partial charge >= 0.3 is 0 Å². The van der Waals surface area contributed by atoms with Gasteiger partial charge in [-0.25, -0.2) is 0 Å². The largest absolute Gasteiger partial charge is 0.320 e. The van der Waals surface area contributed by atoms with E-state index in [1.54, 1.807) is 0 Å². The van der Waals surface area contributed by atoms with Crippen LogP contribution in [0, 0.1) is 5.41 Å². The first-order chi connectivity index (χ1) is 5.12. The summed E-state index contributed by atoms with van der Waals surface area (Å²) in [6, 6.07) is 0. The molecule has 68 valence electrons. The van der Waals surface area contributed by atoms with Gasteiger partial charge in [-0.2, -0.15) is 0 Å². The van der Waals surface area contributed by atoms with Crippen LogP contribution < -0.4 is 10.6 Å². The van der Waals surface area contributed by atoms with Crippen LogP contribution in [0.15, 0.2) is 0 Å². The van der Waals surface area contributed by atoms with Crippen molar-refractivity contribution in [1.29, 1.82) is 0 Å². The van der Waals surface area contributed by atoms with E-state index in [2.05, 4.69) is 24.5 Å². The van der Waals surface area contributed by atoms with E-state index < -0.39 is 0 Å². The van der Waals surface area contributed by atoms with Crippen LogP contribution in [0.1, 0.15) is 26.7 Å². The summed E-state index contributed by atoms with van der Waals surface area (Å²) in [7, 11) is 4.02. The van der Waals surface area contributed by atoms with Crippen LogP contribution in [-0.2, 0) is 0 Å². The predicted molar refractivity (Wildman–Crippen MR) is 50.9 cm³/mol. The molecule has 11 heavy (non-hydrogen) atoms. The van der Waals surface area contributed by atoms with E-state index in [9.17, 15) is 0 Å². The van der Waals surface area contributed by atoms with Crippen molar-refractivity contribution in [3.63, 3.8) is 0 Å². The van der Waals surface area contributed by atoms with Crippen LogP contribution in [0.3, 0.4) is 0 Å². The van der Waals surface area contributed by atoms with Crippen LogP contribution in [0.2, 0.25) is 0 Å². The molecule has 0 spiro atoms. The lowest BCUT2D eigenvalue weighted by Crippen LogP contribution is -2.23. The van der Waals surface area contributed by atoms with E-state index >= 15 is 0 Å². The van der Waals surface area contributed by atoms with Gasteiger partial charge in [0.15, 0.2) is 0 Å². The number of nitrogens with one attached hydrogen (secondary N) is 2. The Bertz CT molecular complexity index is 79.6. The van der Waals surface area contributed by atoms with Crippen LogP contribution in [0.5, 0.6) is 0 Å². The molecule has 2 N–H and O–H groups in total. The first kappa shape index (κ1) is 10.9. The first-order valence-electron chi connectivity index (χ1n) is 4.41. The molecular weight excluding hydrogens is 136 g/mol. The minimum Gasteiger partial charge on any atom is -0.320 e. The Morgan fingerprint density at radius 1 is 0.909 bits per heavy atom. The van der Waals surface area contributed by atoms with Gasteiger partial charge < -0.3 is 10.6 Å². The Hall–Kier alpha value is -0.0800. The van der Waals surface area contributed by atoms with Gasteiger partial charge in [0, 0.05) is 0 Å². The Kier molecular flexibility index (Phi) is 5.51. The summed E-state index contributed by atoms with van der Waals surface area (Å²) in [5.41, 5.74) is 0.478. The molecule has 0 amide bonds. The lowest BCUT2D eigenvalue weighted by Gasteiger charge is -2.24. The van der Waals surface area contributed by atoms with Crippen molar-refractivity contribution in [3.8, 4) is 0 Å². The number of rotatable bonds is 6. The molecule has 0 saturated carbocycles. The lowest BCUT2D eigenvalue weighted by atomic mass is 9.86. The Labute approximate surface area is 70.8 Å². The number of hydrogen-bond donors (Lipinski definition) is 2. The minimum absolute atomic E-state index is 0.478. The summed E-state index contributed by atoms with van der Waals surface area (Å²) in [6.07, 6.45) is 2.51. The van der Waals surface area contributed by atoms with Crippen LogP contribution in [0.4, 0.5) is 0 Å². The summed E-state index contributed by atoms with van der Waals surface area (Å²) in [5, 5.41) is 6.36. The fraction of sp³-hybridized carbons (Fsp3) is 1.00. The van der Waals surface area contributed by atoms with Gasteiger partial charge in [-0.1, -0.05) is 13.8 Å². The lowest BCUT2D eigenvalue weighted by molar-refractivity contribution is 0.303. The standard InChI is InChI=1S/C9H22N2/c1-9(2,5-7-10-3)6-8-11-4/h10-11H,5-8H2,1-4H3. The summed E-state index contributed by atoms with van der Waals surface area (Å²) in [5.74, 6) is 0. The highest BCUT2D eigenvalue weighted by molar-refractivity contribution is 4.69. The molecule has 0 aromatic heterocycles. The van der Waals surface area contributed by atoms with Crippen molar-refractivity contribution < 1.29 is 0 Å². The van der Waals surface area contributed by atoms with Crippen molar-refractivity contribution >= 4 is 0 Å². The summed E-state index contributed by atoms with van der Waals surface area (Å²) in [4.78, 5) is 0. The van der Waals surface area contributed by atoms with Crippen LogP contribution in [-0.4, -0.2) is 27.2 Å². The molecule has 0 bridgehead atoms. The molecule has 0 radical (unpaired) electrons. The van der Waals surface area contributed by atoms with E-state index in [0.717, 1.165) is 13.1 Å². The van der Waals surface area contributed by atoms with Crippen LogP contribution in [0.25, 0.3) is 0 Å². The number of hydrogen-bond acceptors (Lipinski definition) is 2. The van der Waals surface area contributed by atoms with Gasteiger partial charge in [0.05, 0.1) is 0 Å². The molecule has 2 nitrogen and oxygen atoms in total. The highest BCUT2D eigenvalue weighted by atomic mass is 14.8. The molecule has 0 rings (SSSR count). The highest BCUT2D eigenvalue weighted by Gasteiger charge is 2.15. The topological polar surface area (TPSA) is 24.1 Å². The zero-order valence-electron chi connectivity index (χ0n) is 8.33. The molecule has 0 atom stereocenters. The van der Waals surface area contributed by atoms with E-state index in [1.165, 1.54) is 12.8 Å². The third kappa shape index (κ3) is 6.32. The predicted octanol–water partition coefficient (Wildman–Crippen LogP) is 1.23. The maximum Gasteiger partial charge on any atom is -0.00468 e. The van der Waals surface area contributed by atoms with Crippen molar-refractivity contribution in [2.75, 3.05) is 27.2 Å². The molecule has 0 unspecified atom stereocenters. The summed E-state index contributed by atoms with van der Waals surface area (Å²) in [6.45, 7) is 6.89. The van der Waals surface area contributed by atoms with Gasteiger partial charge in [-0.05, 0) is 45.4 Å². The molecule has 0 aromatic rings. The highest BCUT2D eigenvalue weighted by Crippen LogP contribution is 2.23. The van der Waals surface area contributed by atoms with Gasteiger partial charge in [0.1, 0.15) is 0 Å². The SMILES string of the molecule is CNCCC(C)(C)CCNC. The Morgan fingerprint density at radius 2 is 1.27 bits per heavy atom. The maximum atomic E-state index is 3.18.